The summed E-state index contributed by atoms with van der Waals surface area (Å²) in [7, 11) is 0. The third kappa shape index (κ3) is 12.3. The highest BCUT2D eigenvalue weighted by Gasteiger charge is 2.26. The summed E-state index contributed by atoms with van der Waals surface area (Å²) in [5.74, 6) is -0.639. The second kappa shape index (κ2) is 16.4. The molecular formula is C26H44N4O4. The Morgan fingerprint density at radius 3 is 1.68 bits per heavy atom. The molecule has 8 heteroatoms. The number of hydrogen-bond acceptors (Lipinski definition) is 7. The summed E-state index contributed by atoms with van der Waals surface area (Å²) in [6.45, 7) is 12.0. The van der Waals surface area contributed by atoms with Gasteiger partial charge in [-0.3, -0.25) is 29.1 Å². The molecule has 0 aromatic heterocycles. The van der Waals surface area contributed by atoms with E-state index in [-0.39, 0.29) is 11.6 Å². The molecule has 0 bridgehead atoms. The molecule has 0 amide bonds. The molecule has 192 valence electrons. The van der Waals surface area contributed by atoms with Crippen LogP contribution in [0.25, 0.3) is 0 Å². The minimum absolute atomic E-state index is 0.105. The van der Waals surface area contributed by atoms with E-state index in [1.54, 1.807) is 13.8 Å². The smallest absolute Gasteiger partial charge is 0.320 e. The Labute approximate surface area is 205 Å². The third-order valence-corrected chi connectivity index (χ3v) is 5.79. The number of aliphatic carboxylic acids is 1. The number of carbonyl (C=O) groups excluding carboxylic acids is 2. The first-order valence-electron chi connectivity index (χ1n) is 12.4. The predicted octanol–water partition coefficient (Wildman–Crippen LogP) is 2.56. The van der Waals surface area contributed by atoms with Gasteiger partial charge in [0.25, 0.3) is 0 Å². The Morgan fingerprint density at radius 2 is 1.29 bits per heavy atom. The van der Waals surface area contributed by atoms with Crippen molar-refractivity contribution in [3.63, 3.8) is 0 Å². The van der Waals surface area contributed by atoms with E-state index in [4.69, 9.17) is 5.73 Å². The van der Waals surface area contributed by atoms with Gasteiger partial charge in [0.2, 0.25) is 0 Å². The number of rotatable bonds is 19. The minimum Gasteiger partial charge on any atom is -0.480 e. The Morgan fingerprint density at radius 1 is 0.824 bits per heavy atom. The van der Waals surface area contributed by atoms with E-state index in [2.05, 4.69) is 23.6 Å². The number of Topliss-reactive ketones (excluding diaryl/α,β-unsaturated/α-hetero) is 2. The molecule has 0 spiro atoms. The summed E-state index contributed by atoms with van der Waals surface area (Å²) in [4.78, 5) is 41.9. The van der Waals surface area contributed by atoms with Crippen molar-refractivity contribution in [2.75, 3.05) is 58.1 Å². The van der Waals surface area contributed by atoms with Gasteiger partial charge in [-0.05, 0) is 70.3 Å². The first-order chi connectivity index (χ1) is 16.2. The summed E-state index contributed by atoms with van der Waals surface area (Å²) in [5, 5.41) is 10.1. The normalized spacial score (nSPS) is 12.4. The van der Waals surface area contributed by atoms with Crippen molar-refractivity contribution >= 4 is 23.2 Å². The standard InChI is InChI=1S/C26H44N4O4/c1-5-13-28(19-21(3)31)15-17-30(18-16-29(14-6-2)20-22(4)32)25(26(33)34)12-9-23-7-10-24(27)11-8-23/h7-8,10-11,25H,5-6,9,12-20,27H2,1-4H3,(H,33,34). The Hall–Kier alpha value is -2.29. The van der Waals surface area contributed by atoms with Crippen LogP contribution >= 0.6 is 0 Å². The van der Waals surface area contributed by atoms with Gasteiger partial charge in [-0.1, -0.05) is 26.0 Å². The van der Waals surface area contributed by atoms with Gasteiger partial charge in [0, 0.05) is 31.9 Å². The summed E-state index contributed by atoms with van der Waals surface area (Å²) in [5.41, 5.74) is 7.51. The van der Waals surface area contributed by atoms with Crippen LogP contribution in [0, 0.1) is 0 Å². The monoisotopic (exact) mass is 476 g/mol. The van der Waals surface area contributed by atoms with Crippen LogP contribution in [0.2, 0.25) is 0 Å². The molecule has 1 atom stereocenters. The van der Waals surface area contributed by atoms with Crippen molar-refractivity contribution < 1.29 is 19.5 Å². The average Bonchev–Trinajstić information content (AvgIpc) is 2.75. The summed E-state index contributed by atoms with van der Waals surface area (Å²) >= 11 is 0. The molecule has 0 aliphatic carbocycles. The number of nitrogens with two attached hydrogens (primary N) is 1. The van der Waals surface area contributed by atoms with Crippen LogP contribution in [-0.4, -0.2) is 95.7 Å². The van der Waals surface area contributed by atoms with Gasteiger partial charge in [-0.25, -0.2) is 0 Å². The van der Waals surface area contributed by atoms with Crippen LogP contribution in [0.4, 0.5) is 5.69 Å². The van der Waals surface area contributed by atoms with E-state index in [1.165, 1.54) is 0 Å². The molecule has 1 rings (SSSR count). The molecule has 3 N–H and O–H groups in total. The molecule has 8 nitrogen and oxygen atoms in total. The Kier molecular flexibility index (Phi) is 14.3. The van der Waals surface area contributed by atoms with E-state index < -0.39 is 12.0 Å². The number of carboxylic acids is 1. The molecule has 0 aliphatic heterocycles. The van der Waals surface area contributed by atoms with Crippen molar-refractivity contribution in [1.29, 1.82) is 0 Å². The van der Waals surface area contributed by atoms with Crippen LogP contribution in [0.15, 0.2) is 24.3 Å². The lowest BCUT2D eigenvalue weighted by Crippen LogP contribution is -2.49. The number of carbonyl (C=O) groups is 3. The molecular weight excluding hydrogens is 432 g/mol. The van der Waals surface area contributed by atoms with Gasteiger partial charge in [-0.2, -0.15) is 0 Å². The summed E-state index contributed by atoms with van der Waals surface area (Å²) < 4.78 is 0. The van der Waals surface area contributed by atoms with Crippen molar-refractivity contribution in [3.05, 3.63) is 29.8 Å². The number of carboxylic acid groups (broad SMARTS) is 1. The number of nitrogen functional groups attached to an aromatic ring is 1. The average molecular weight is 477 g/mol. The molecule has 0 aliphatic rings. The maximum Gasteiger partial charge on any atom is 0.320 e. The minimum atomic E-state index is -0.849. The highest BCUT2D eigenvalue weighted by Crippen LogP contribution is 2.14. The lowest BCUT2D eigenvalue weighted by atomic mass is 10.0. The molecule has 0 saturated carbocycles. The first kappa shape index (κ1) is 29.7. The van der Waals surface area contributed by atoms with Gasteiger partial charge in [0.1, 0.15) is 17.6 Å². The van der Waals surface area contributed by atoms with Crippen LogP contribution in [0.3, 0.4) is 0 Å². The van der Waals surface area contributed by atoms with E-state index in [1.807, 2.05) is 29.2 Å². The molecule has 0 saturated heterocycles. The van der Waals surface area contributed by atoms with Gasteiger partial charge in [0.05, 0.1) is 13.1 Å². The second-order valence-corrected chi connectivity index (χ2v) is 9.13. The lowest BCUT2D eigenvalue weighted by molar-refractivity contribution is -0.144. The maximum atomic E-state index is 12.3. The number of anilines is 1. The Bertz CT molecular complexity index is 724. The van der Waals surface area contributed by atoms with Crippen LogP contribution in [0.5, 0.6) is 0 Å². The SMILES string of the molecule is CCCN(CCN(CCN(CCC)CC(C)=O)C(CCc1ccc(N)cc1)C(=O)O)CC(C)=O. The number of benzene rings is 1. The predicted molar refractivity (Wildman–Crippen MR) is 137 cm³/mol. The number of nitrogens with zero attached hydrogens (tertiary/aromatic N) is 3. The van der Waals surface area contributed by atoms with Crippen LogP contribution < -0.4 is 5.73 Å². The molecule has 1 aromatic carbocycles. The van der Waals surface area contributed by atoms with Crippen molar-refractivity contribution in [2.24, 2.45) is 0 Å². The quantitative estimate of drug-likeness (QED) is 0.293. The van der Waals surface area contributed by atoms with Gasteiger partial charge in [-0.15, -0.1) is 0 Å². The van der Waals surface area contributed by atoms with E-state index in [0.717, 1.165) is 31.5 Å². The van der Waals surface area contributed by atoms with Crippen LogP contribution in [-0.2, 0) is 20.8 Å². The van der Waals surface area contributed by atoms with Crippen molar-refractivity contribution in [2.45, 2.75) is 59.4 Å². The summed E-state index contributed by atoms with van der Waals surface area (Å²) in [6.07, 6.45) is 2.96. The number of hydrogen-bond donors (Lipinski definition) is 2. The largest absolute Gasteiger partial charge is 0.480 e. The molecule has 0 radical (unpaired) electrons. The fourth-order valence-electron chi connectivity index (χ4n) is 4.22. The second-order valence-electron chi connectivity index (χ2n) is 9.13. The first-order valence-corrected chi connectivity index (χ1v) is 12.4. The van der Waals surface area contributed by atoms with E-state index in [9.17, 15) is 19.5 Å². The highest BCUT2D eigenvalue weighted by molar-refractivity contribution is 5.78. The molecule has 0 fully saturated rings. The molecule has 34 heavy (non-hydrogen) atoms. The van der Waals surface area contributed by atoms with Gasteiger partial charge in [0.15, 0.2) is 0 Å². The zero-order valence-electron chi connectivity index (χ0n) is 21.5. The topological polar surface area (TPSA) is 107 Å². The fraction of sp³-hybridized carbons (Fsp3) is 0.654. The van der Waals surface area contributed by atoms with Gasteiger partial charge >= 0.3 is 5.97 Å². The third-order valence-electron chi connectivity index (χ3n) is 5.79. The van der Waals surface area contributed by atoms with E-state index >= 15 is 0 Å². The van der Waals surface area contributed by atoms with Crippen molar-refractivity contribution in [3.8, 4) is 0 Å². The molecule has 0 heterocycles. The van der Waals surface area contributed by atoms with E-state index in [0.29, 0.717) is 57.8 Å². The summed E-state index contributed by atoms with van der Waals surface area (Å²) in [6, 6.07) is 6.88. The van der Waals surface area contributed by atoms with Gasteiger partial charge < -0.3 is 10.8 Å². The number of aryl methyl sites for hydroxylation is 1. The zero-order chi connectivity index (χ0) is 25.5. The van der Waals surface area contributed by atoms with Crippen LogP contribution in [0.1, 0.15) is 52.5 Å². The molecule has 1 unspecified atom stereocenters. The lowest BCUT2D eigenvalue weighted by Gasteiger charge is -2.33. The zero-order valence-corrected chi connectivity index (χ0v) is 21.5. The Balaban J connectivity index is 2.98. The number of ketones is 2. The molecule has 1 aromatic rings. The maximum absolute atomic E-state index is 12.3. The van der Waals surface area contributed by atoms with Crippen molar-refractivity contribution in [1.82, 2.24) is 14.7 Å². The fourth-order valence-corrected chi connectivity index (χ4v) is 4.22. The highest BCUT2D eigenvalue weighted by atomic mass is 16.4.